The topological polar surface area (TPSA) is 12.0 Å². The summed E-state index contributed by atoms with van der Waals surface area (Å²) in [5.41, 5.74) is 2.60. The van der Waals surface area contributed by atoms with Gasteiger partial charge in [-0.1, -0.05) is 49.7 Å². The number of benzene rings is 2. The maximum atomic E-state index is 6.08. The van der Waals surface area contributed by atoms with Crippen LogP contribution in [0.1, 0.15) is 31.0 Å². The lowest BCUT2D eigenvalue weighted by Gasteiger charge is -2.19. The zero-order valence-electron chi connectivity index (χ0n) is 12.6. The van der Waals surface area contributed by atoms with Crippen LogP contribution in [-0.4, -0.2) is 12.3 Å². The monoisotopic (exact) mass is 319 g/mol. The molecule has 0 saturated carbocycles. The summed E-state index contributed by atoms with van der Waals surface area (Å²) in [6.45, 7) is 5.28. The standard InChI is InChI=1S/C18H22ClNS/c1-3-20-18(13-14-6-5-7-16(19)12-14)15-8-10-17(11-9-15)21-4-2/h5-12,18,20H,3-4,13H2,1-2H3. The molecule has 0 radical (unpaired) electrons. The first-order valence-corrected chi connectivity index (χ1v) is 8.79. The van der Waals surface area contributed by atoms with E-state index in [1.165, 1.54) is 16.0 Å². The van der Waals surface area contributed by atoms with Gasteiger partial charge in [-0.25, -0.2) is 0 Å². The van der Waals surface area contributed by atoms with E-state index in [4.69, 9.17) is 11.6 Å². The summed E-state index contributed by atoms with van der Waals surface area (Å²) < 4.78 is 0. The number of halogens is 1. The number of hydrogen-bond donors (Lipinski definition) is 1. The van der Waals surface area contributed by atoms with Crippen LogP contribution < -0.4 is 5.32 Å². The third kappa shape index (κ3) is 5.06. The number of thioether (sulfide) groups is 1. The van der Waals surface area contributed by atoms with Gasteiger partial charge in [-0.3, -0.25) is 0 Å². The fourth-order valence-electron chi connectivity index (χ4n) is 2.42. The number of hydrogen-bond acceptors (Lipinski definition) is 2. The molecule has 0 amide bonds. The van der Waals surface area contributed by atoms with Gasteiger partial charge in [-0.15, -0.1) is 11.8 Å². The van der Waals surface area contributed by atoms with Gasteiger partial charge in [0.05, 0.1) is 0 Å². The minimum atomic E-state index is 0.328. The maximum Gasteiger partial charge on any atom is 0.0408 e. The van der Waals surface area contributed by atoms with Crippen molar-refractivity contribution in [3.05, 3.63) is 64.7 Å². The quantitative estimate of drug-likeness (QED) is 0.691. The second-order valence-corrected chi connectivity index (χ2v) is 6.72. The summed E-state index contributed by atoms with van der Waals surface area (Å²) in [5.74, 6) is 1.11. The Morgan fingerprint density at radius 2 is 1.86 bits per heavy atom. The summed E-state index contributed by atoms with van der Waals surface area (Å²) in [5, 5.41) is 4.37. The molecule has 0 aliphatic heterocycles. The first-order valence-electron chi connectivity index (χ1n) is 7.43. The molecule has 0 aromatic heterocycles. The minimum absolute atomic E-state index is 0.328. The van der Waals surface area contributed by atoms with Gasteiger partial charge in [0.25, 0.3) is 0 Å². The highest BCUT2D eigenvalue weighted by atomic mass is 35.5. The van der Waals surface area contributed by atoms with Crippen LogP contribution in [0.2, 0.25) is 5.02 Å². The molecular weight excluding hydrogens is 298 g/mol. The first kappa shape index (κ1) is 16.4. The molecule has 0 aliphatic rings. The Kier molecular flexibility index (Phi) is 6.62. The molecular formula is C18H22ClNS. The van der Waals surface area contributed by atoms with Crippen LogP contribution in [0.15, 0.2) is 53.4 Å². The zero-order chi connectivity index (χ0) is 15.1. The molecule has 1 N–H and O–H groups in total. The van der Waals surface area contributed by atoms with E-state index in [9.17, 15) is 0 Å². The smallest absolute Gasteiger partial charge is 0.0408 e. The molecule has 1 atom stereocenters. The molecule has 0 saturated heterocycles. The van der Waals surface area contributed by atoms with Crippen LogP contribution >= 0.6 is 23.4 Å². The van der Waals surface area contributed by atoms with Crippen LogP contribution in [0, 0.1) is 0 Å². The van der Waals surface area contributed by atoms with E-state index in [-0.39, 0.29) is 0 Å². The molecule has 3 heteroatoms. The SMILES string of the molecule is CCNC(Cc1cccc(Cl)c1)c1ccc(SCC)cc1. The van der Waals surface area contributed by atoms with Crippen LogP contribution in [-0.2, 0) is 6.42 Å². The van der Waals surface area contributed by atoms with Gasteiger partial charge >= 0.3 is 0 Å². The van der Waals surface area contributed by atoms with E-state index in [2.05, 4.69) is 49.5 Å². The lowest BCUT2D eigenvalue weighted by Crippen LogP contribution is -2.22. The van der Waals surface area contributed by atoms with Crippen LogP contribution in [0.25, 0.3) is 0 Å². The van der Waals surface area contributed by atoms with Gasteiger partial charge in [-0.2, -0.15) is 0 Å². The second kappa shape index (κ2) is 8.47. The highest BCUT2D eigenvalue weighted by Gasteiger charge is 2.11. The predicted octanol–water partition coefficient (Wildman–Crippen LogP) is 5.35. The van der Waals surface area contributed by atoms with Crippen molar-refractivity contribution < 1.29 is 0 Å². The Bertz CT molecular complexity index is 553. The molecule has 0 fully saturated rings. The lowest BCUT2D eigenvalue weighted by molar-refractivity contribution is 0.549. The molecule has 2 aromatic rings. The normalized spacial score (nSPS) is 12.3. The van der Waals surface area contributed by atoms with Gasteiger partial charge in [0.1, 0.15) is 0 Å². The summed E-state index contributed by atoms with van der Waals surface area (Å²) >= 11 is 7.96. The van der Waals surface area contributed by atoms with E-state index in [1.807, 2.05) is 30.0 Å². The van der Waals surface area contributed by atoms with Crippen LogP contribution in [0.5, 0.6) is 0 Å². The average molecular weight is 320 g/mol. The molecule has 1 unspecified atom stereocenters. The Morgan fingerprint density at radius 3 is 2.48 bits per heavy atom. The Balaban J connectivity index is 2.14. The maximum absolute atomic E-state index is 6.08. The summed E-state index contributed by atoms with van der Waals surface area (Å²) in [7, 11) is 0. The van der Waals surface area contributed by atoms with Crippen molar-refractivity contribution in [3.63, 3.8) is 0 Å². The fourth-order valence-corrected chi connectivity index (χ4v) is 3.29. The molecule has 0 bridgehead atoms. The van der Waals surface area contributed by atoms with E-state index >= 15 is 0 Å². The molecule has 0 spiro atoms. The van der Waals surface area contributed by atoms with Crippen molar-refractivity contribution in [2.45, 2.75) is 31.2 Å². The van der Waals surface area contributed by atoms with E-state index in [0.717, 1.165) is 23.7 Å². The van der Waals surface area contributed by atoms with Gasteiger partial charge < -0.3 is 5.32 Å². The summed E-state index contributed by atoms with van der Waals surface area (Å²) in [6, 6.07) is 17.3. The van der Waals surface area contributed by atoms with E-state index in [1.54, 1.807) is 0 Å². The number of nitrogens with one attached hydrogen (secondary N) is 1. The highest BCUT2D eigenvalue weighted by Crippen LogP contribution is 2.24. The van der Waals surface area contributed by atoms with Gasteiger partial charge in [-0.05, 0) is 54.1 Å². The molecule has 2 rings (SSSR count). The molecule has 1 nitrogen and oxygen atoms in total. The molecule has 0 heterocycles. The Morgan fingerprint density at radius 1 is 1.10 bits per heavy atom. The predicted molar refractivity (Wildman–Crippen MR) is 94.4 cm³/mol. The minimum Gasteiger partial charge on any atom is -0.310 e. The zero-order valence-corrected chi connectivity index (χ0v) is 14.2. The lowest BCUT2D eigenvalue weighted by atomic mass is 9.99. The Hall–Kier alpha value is -0.960. The Labute approximate surface area is 137 Å². The van der Waals surface area contributed by atoms with Crippen molar-refractivity contribution in [1.29, 1.82) is 0 Å². The summed E-state index contributed by atoms with van der Waals surface area (Å²) in [4.78, 5) is 1.33. The van der Waals surface area contributed by atoms with Crippen LogP contribution in [0.4, 0.5) is 0 Å². The van der Waals surface area contributed by atoms with Crippen molar-refractivity contribution in [3.8, 4) is 0 Å². The molecule has 21 heavy (non-hydrogen) atoms. The highest BCUT2D eigenvalue weighted by molar-refractivity contribution is 7.99. The third-order valence-corrected chi connectivity index (χ3v) is 4.50. The molecule has 0 aliphatic carbocycles. The fraction of sp³-hybridized carbons (Fsp3) is 0.333. The van der Waals surface area contributed by atoms with E-state index in [0.29, 0.717) is 6.04 Å². The van der Waals surface area contributed by atoms with Gasteiger partial charge in [0.15, 0.2) is 0 Å². The van der Waals surface area contributed by atoms with Gasteiger partial charge in [0.2, 0.25) is 0 Å². The van der Waals surface area contributed by atoms with Crippen molar-refractivity contribution in [1.82, 2.24) is 5.32 Å². The average Bonchev–Trinajstić information content (AvgIpc) is 2.48. The summed E-state index contributed by atoms with van der Waals surface area (Å²) in [6.07, 6.45) is 0.953. The first-order chi connectivity index (χ1) is 10.2. The van der Waals surface area contributed by atoms with Crippen molar-refractivity contribution in [2.75, 3.05) is 12.3 Å². The van der Waals surface area contributed by atoms with Crippen molar-refractivity contribution in [2.24, 2.45) is 0 Å². The van der Waals surface area contributed by atoms with Gasteiger partial charge in [0, 0.05) is 16.0 Å². The van der Waals surface area contributed by atoms with Crippen LogP contribution in [0.3, 0.4) is 0 Å². The largest absolute Gasteiger partial charge is 0.310 e. The second-order valence-electron chi connectivity index (χ2n) is 4.95. The molecule has 112 valence electrons. The van der Waals surface area contributed by atoms with Crippen molar-refractivity contribution >= 4 is 23.4 Å². The van der Waals surface area contributed by atoms with E-state index < -0.39 is 0 Å². The third-order valence-electron chi connectivity index (χ3n) is 3.37. The number of likely N-dealkylation sites (N-methyl/N-ethyl adjacent to an activating group) is 1. The molecule has 2 aromatic carbocycles. The number of rotatable bonds is 7.